The first-order valence-corrected chi connectivity index (χ1v) is 6.07. The molecule has 5 nitrogen and oxygen atoms in total. The van der Waals surface area contributed by atoms with Crippen molar-refractivity contribution in [2.24, 2.45) is 0 Å². The number of fused-ring (bicyclic) bond motifs is 1. The molecule has 1 aliphatic heterocycles. The van der Waals surface area contributed by atoms with Crippen LogP contribution < -0.4 is 20.1 Å². The molecule has 0 saturated carbocycles. The Morgan fingerprint density at radius 2 is 2.39 bits per heavy atom. The van der Waals surface area contributed by atoms with Gasteiger partial charge in [0.15, 0.2) is 11.5 Å². The van der Waals surface area contributed by atoms with Gasteiger partial charge in [0.1, 0.15) is 6.61 Å². The summed E-state index contributed by atoms with van der Waals surface area (Å²) in [5.41, 5.74) is 1.06. The van der Waals surface area contributed by atoms with Gasteiger partial charge in [0, 0.05) is 12.1 Å². The van der Waals surface area contributed by atoms with Gasteiger partial charge >= 0.3 is 6.03 Å². The zero-order valence-electron chi connectivity index (χ0n) is 10.7. The fraction of sp³-hybridized carbons (Fsp3) is 0.462. The van der Waals surface area contributed by atoms with E-state index in [0.29, 0.717) is 13.2 Å². The van der Waals surface area contributed by atoms with E-state index in [1.165, 1.54) is 0 Å². The molecule has 2 rings (SSSR count). The molecule has 0 saturated heterocycles. The molecular formula is C13H18N2O3. The van der Waals surface area contributed by atoms with Crippen LogP contribution >= 0.6 is 0 Å². The van der Waals surface area contributed by atoms with Crippen LogP contribution in [0.3, 0.4) is 0 Å². The summed E-state index contributed by atoms with van der Waals surface area (Å²) in [6, 6.07) is 5.63. The van der Waals surface area contributed by atoms with E-state index < -0.39 is 0 Å². The van der Waals surface area contributed by atoms with Gasteiger partial charge in [-0.2, -0.15) is 0 Å². The first-order valence-electron chi connectivity index (χ1n) is 6.07. The summed E-state index contributed by atoms with van der Waals surface area (Å²) in [4.78, 5) is 11.4. The predicted octanol–water partition coefficient (Wildman–Crippen LogP) is 1.32. The van der Waals surface area contributed by atoms with Crippen molar-refractivity contribution < 1.29 is 14.3 Å². The van der Waals surface area contributed by atoms with Gasteiger partial charge in [0.05, 0.1) is 13.2 Å². The molecule has 2 amide bonds. The Kier molecular flexibility index (Phi) is 3.92. The highest BCUT2D eigenvalue weighted by Gasteiger charge is 2.23. The van der Waals surface area contributed by atoms with E-state index in [-0.39, 0.29) is 12.1 Å². The van der Waals surface area contributed by atoms with Crippen molar-refractivity contribution in [2.75, 3.05) is 20.3 Å². The second-order valence-corrected chi connectivity index (χ2v) is 4.16. The van der Waals surface area contributed by atoms with Gasteiger partial charge in [-0.25, -0.2) is 4.79 Å². The molecule has 0 aliphatic carbocycles. The average molecular weight is 250 g/mol. The maximum atomic E-state index is 11.4. The van der Waals surface area contributed by atoms with Crippen LogP contribution in [-0.2, 0) is 6.42 Å². The second kappa shape index (κ2) is 5.62. The lowest BCUT2D eigenvalue weighted by Gasteiger charge is -2.27. The summed E-state index contributed by atoms with van der Waals surface area (Å²) in [6.45, 7) is 2.96. The van der Waals surface area contributed by atoms with E-state index in [1.807, 2.05) is 25.1 Å². The SMILES string of the molecule is CCNC(=O)N[C@@H]1COc2c(cccc2OC)C1. The lowest BCUT2D eigenvalue weighted by molar-refractivity contribution is 0.210. The summed E-state index contributed by atoms with van der Waals surface area (Å²) in [6.07, 6.45) is 0.754. The van der Waals surface area contributed by atoms with E-state index in [4.69, 9.17) is 9.47 Å². The number of rotatable bonds is 3. The number of hydrogen-bond acceptors (Lipinski definition) is 3. The highest BCUT2D eigenvalue weighted by atomic mass is 16.5. The van der Waals surface area contributed by atoms with Crippen molar-refractivity contribution in [3.05, 3.63) is 23.8 Å². The first kappa shape index (κ1) is 12.5. The van der Waals surface area contributed by atoms with Gasteiger partial charge in [0.2, 0.25) is 0 Å². The molecule has 2 N–H and O–H groups in total. The molecule has 1 aromatic carbocycles. The number of carbonyl (C=O) groups excluding carboxylic acids is 1. The summed E-state index contributed by atoms with van der Waals surface area (Å²) >= 11 is 0. The molecule has 5 heteroatoms. The standard InChI is InChI=1S/C13H18N2O3/c1-3-14-13(16)15-10-7-9-5-4-6-11(17-2)12(9)18-8-10/h4-6,10H,3,7-8H2,1-2H3,(H2,14,15,16)/t10-/m0/s1. The van der Waals surface area contributed by atoms with Crippen molar-refractivity contribution in [3.8, 4) is 11.5 Å². The quantitative estimate of drug-likeness (QED) is 0.850. The van der Waals surface area contributed by atoms with Gasteiger partial charge in [-0.3, -0.25) is 0 Å². The van der Waals surface area contributed by atoms with Gasteiger partial charge < -0.3 is 20.1 Å². The number of hydrogen-bond donors (Lipinski definition) is 2. The number of para-hydroxylation sites is 1. The van der Waals surface area contributed by atoms with Crippen LogP contribution in [0.5, 0.6) is 11.5 Å². The zero-order chi connectivity index (χ0) is 13.0. The third-order valence-corrected chi connectivity index (χ3v) is 2.85. The number of nitrogens with one attached hydrogen (secondary N) is 2. The Morgan fingerprint density at radius 3 is 3.11 bits per heavy atom. The van der Waals surface area contributed by atoms with Crippen LogP contribution in [0.15, 0.2) is 18.2 Å². The fourth-order valence-electron chi connectivity index (χ4n) is 2.04. The van der Waals surface area contributed by atoms with Crippen molar-refractivity contribution in [2.45, 2.75) is 19.4 Å². The summed E-state index contributed by atoms with van der Waals surface area (Å²) in [7, 11) is 1.62. The molecule has 0 radical (unpaired) electrons. The largest absolute Gasteiger partial charge is 0.493 e. The zero-order valence-corrected chi connectivity index (χ0v) is 10.7. The van der Waals surface area contributed by atoms with E-state index in [2.05, 4.69) is 10.6 Å². The van der Waals surface area contributed by atoms with Crippen molar-refractivity contribution in [3.63, 3.8) is 0 Å². The maximum Gasteiger partial charge on any atom is 0.315 e. The average Bonchev–Trinajstić information content (AvgIpc) is 2.38. The van der Waals surface area contributed by atoms with Crippen LogP contribution in [0.25, 0.3) is 0 Å². The van der Waals surface area contributed by atoms with Crippen molar-refractivity contribution in [1.29, 1.82) is 0 Å². The minimum Gasteiger partial charge on any atom is -0.493 e. The number of ether oxygens (including phenoxy) is 2. The van der Waals surface area contributed by atoms with E-state index in [0.717, 1.165) is 23.5 Å². The summed E-state index contributed by atoms with van der Waals surface area (Å²) < 4.78 is 10.9. The van der Waals surface area contributed by atoms with Gasteiger partial charge in [0.25, 0.3) is 0 Å². The normalized spacial score (nSPS) is 17.3. The monoisotopic (exact) mass is 250 g/mol. The van der Waals surface area contributed by atoms with Crippen LogP contribution in [0.1, 0.15) is 12.5 Å². The topological polar surface area (TPSA) is 59.6 Å². The van der Waals surface area contributed by atoms with Crippen molar-refractivity contribution >= 4 is 6.03 Å². The molecule has 0 unspecified atom stereocenters. The Labute approximate surface area is 106 Å². The third-order valence-electron chi connectivity index (χ3n) is 2.85. The number of benzene rings is 1. The van der Waals surface area contributed by atoms with Crippen LogP contribution in [0, 0.1) is 0 Å². The molecule has 1 aromatic rings. The number of amides is 2. The molecule has 1 aliphatic rings. The van der Waals surface area contributed by atoms with E-state index >= 15 is 0 Å². The third kappa shape index (κ3) is 2.67. The van der Waals surface area contributed by atoms with E-state index in [9.17, 15) is 4.79 Å². The van der Waals surface area contributed by atoms with Crippen LogP contribution in [-0.4, -0.2) is 32.3 Å². The van der Waals surface area contributed by atoms with Crippen LogP contribution in [0.2, 0.25) is 0 Å². The fourth-order valence-corrected chi connectivity index (χ4v) is 2.04. The minimum atomic E-state index is -0.155. The molecule has 0 bridgehead atoms. The molecule has 0 aromatic heterocycles. The number of carbonyl (C=O) groups is 1. The molecular weight excluding hydrogens is 232 g/mol. The molecule has 0 fully saturated rings. The maximum absolute atomic E-state index is 11.4. The van der Waals surface area contributed by atoms with E-state index in [1.54, 1.807) is 7.11 Å². The highest BCUT2D eigenvalue weighted by molar-refractivity contribution is 5.74. The molecule has 1 heterocycles. The number of methoxy groups -OCH3 is 1. The Hall–Kier alpha value is -1.91. The van der Waals surface area contributed by atoms with Gasteiger partial charge in [-0.05, 0) is 19.4 Å². The highest BCUT2D eigenvalue weighted by Crippen LogP contribution is 2.34. The molecule has 18 heavy (non-hydrogen) atoms. The lowest BCUT2D eigenvalue weighted by atomic mass is 10.0. The first-order chi connectivity index (χ1) is 8.74. The Balaban J connectivity index is 2.04. The van der Waals surface area contributed by atoms with Gasteiger partial charge in [-0.15, -0.1) is 0 Å². The summed E-state index contributed by atoms with van der Waals surface area (Å²) in [5, 5.41) is 5.59. The smallest absolute Gasteiger partial charge is 0.315 e. The Bertz CT molecular complexity index is 434. The summed E-state index contributed by atoms with van der Waals surface area (Å²) in [5.74, 6) is 1.53. The Morgan fingerprint density at radius 1 is 1.56 bits per heavy atom. The molecule has 98 valence electrons. The molecule has 1 atom stereocenters. The molecule has 0 spiro atoms. The van der Waals surface area contributed by atoms with Crippen molar-refractivity contribution in [1.82, 2.24) is 10.6 Å². The number of urea groups is 1. The predicted molar refractivity (Wildman–Crippen MR) is 68.2 cm³/mol. The lowest BCUT2D eigenvalue weighted by Crippen LogP contribution is -2.47. The second-order valence-electron chi connectivity index (χ2n) is 4.16. The minimum absolute atomic E-state index is 0.00356. The van der Waals surface area contributed by atoms with Crippen LogP contribution in [0.4, 0.5) is 4.79 Å². The van der Waals surface area contributed by atoms with Gasteiger partial charge in [-0.1, -0.05) is 12.1 Å².